The number of nitrogens with one attached hydrogen (secondary N) is 2. The average molecular weight is 336 g/mol. The van der Waals surface area contributed by atoms with Gasteiger partial charge in [0.2, 0.25) is 0 Å². The zero-order valence-corrected chi connectivity index (χ0v) is 13.7. The van der Waals surface area contributed by atoms with Crippen molar-refractivity contribution in [2.75, 3.05) is 0 Å². The summed E-state index contributed by atoms with van der Waals surface area (Å²) >= 11 is 1.31. The molecule has 0 atom stereocenters. The highest BCUT2D eigenvalue weighted by Gasteiger charge is 2.19. The molecule has 0 bridgehead atoms. The second-order valence-electron chi connectivity index (χ2n) is 5.25. The molecule has 1 aromatic carbocycles. The van der Waals surface area contributed by atoms with Crippen LogP contribution in [0.3, 0.4) is 0 Å². The third-order valence-corrected chi connectivity index (χ3v) is 5.89. The maximum absolute atomic E-state index is 12.3. The Bertz CT molecular complexity index is 825. The van der Waals surface area contributed by atoms with Crippen molar-refractivity contribution in [3.63, 3.8) is 0 Å². The van der Waals surface area contributed by atoms with Crippen LogP contribution in [-0.4, -0.2) is 14.3 Å². The first-order valence-electron chi connectivity index (χ1n) is 6.96. The number of hydrogen-bond acceptors (Lipinski definition) is 4. The molecule has 116 valence electrons. The first kappa shape index (κ1) is 15.2. The van der Waals surface area contributed by atoms with Gasteiger partial charge in [-0.3, -0.25) is 10.2 Å². The molecule has 0 saturated heterocycles. The molecule has 3 rings (SSSR count). The summed E-state index contributed by atoms with van der Waals surface area (Å²) in [6.45, 7) is 1.89. The Morgan fingerprint density at radius 3 is 2.64 bits per heavy atom. The summed E-state index contributed by atoms with van der Waals surface area (Å²) in [4.78, 5) is 15.7. The normalized spacial score (nSPS) is 13.9. The van der Waals surface area contributed by atoms with Gasteiger partial charge in [-0.05, 0) is 61.6 Å². The van der Waals surface area contributed by atoms with Gasteiger partial charge in [0.1, 0.15) is 0 Å². The van der Waals surface area contributed by atoms with Crippen molar-refractivity contribution in [2.45, 2.75) is 31.1 Å². The molecule has 7 heteroatoms. The molecule has 1 amide bonds. The standard InChI is InChI=1S/C15H16N2O3S2/c1-10-5-8-14(21-10)15(18)16-17-22(19,20)13-7-6-11-3-2-4-12(11)9-13/h5-9,17H,2-4H2,1H3,(H,16,18). The van der Waals surface area contributed by atoms with Crippen LogP contribution in [0.1, 0.15) is 32.1 Å². The van der Waals surface area contributed by atoms with Gasteiger partial charge < -0.3 is 0 Å². The summed E-state index contributed by atoms with van der Waals surface area (Å²) in [7, 11) is -3.76. The number of sulfonamides is 1. The third-order valence-electron chi connectivity index (χ3n) is 3.64. The molecule has 0 unspecified atom stereocenters. The minimum Gasteiger partial charge on any atom is -0.273 e. The lowest BCUT2D eigenvalue weighted by molar-refractivity contribution is 0.0949. The Morgan fingerprint density at radius 2 is 1.91 bits per heavy atom. The highest BCUT2D eigenvalue weighted by Crippen LogP contribution is 2.24. The number of aryl methyl sites for hydroxylation is 3. The van der Waals surface area contributed by atoms with E-state index in [9.17, 15) is 13.2 Å². The number of benzene rings is 1. The number of rotatable bonds is 4. The molecule has 0 saturated carbocycles. The van der Waals surface area contributed by atoms with Gasteiger partial charge in [-0.25, -0.2) is 8.42 Å². The van der Waals surface area contributed by atoms with Gasteiger partial charge in [-0.2, -0.15) is 0 Å². The van der Waals surface area contributed by atoms with Crippen LogP contribution in [0.15, 0.2) is 35.2 Å². The fourth-order valence-corrected chi connectivity index (χ4v) is 4.16. The van der Waals surface area contributed by atoms with Crippen LogP contribution in [0.5, 0.6) is 0 Å². The fourth-order valence-electron chi connectivity index (χ4n) is 2.51. The van der Waals surface area contributed by atoms with Crippen molar-refractivity contribution in [2.24, 2.45) is 0 Å². The monoisotopic (exact) mass is 336 g/mol. The quantitative estimate of drug-likeness (QED) is 0.840. The number of hydrazine groups is 1. The van der Waals surface area contributed by atoms with Gasteiger partial charge >= 0.3 is 0 Å². The second-order valence-corrected chi connectivity index (χ2v) is 8.22. The minimum atomic E-state index is -3.76. The van der Waals surface area contributed by atoms with E-state index in [-0.39, 0.29) is 4.90 Å². The van der Waals surface area contributed by atoms with Crippen LogP contribution in [0.4, 0.5) is 0 Å². The van der Waals surface area contributed by atoms with Gasteiger partial charge in [0, 0.05) is 4.88 Å². The van der Waals surface area contributed by atoms with Crippen molar-refractivity contribution in [3.8, 4) is 0 Å². The van der Waals surface area contributed by atoms with Gasteiger partial charge in [0.25, 0.3) is 15.9 Å². The number of amides is 1. The van der Waals surface area contributed by atoms with Gasteiger partial charge in [0.15, 0.2) is 0 Å². The van der Waals surface area contributed by atoms with Crippen LogP contribution in [0, 0.1) is 6.92 Å². The minimum absolute atomic E-state index is 0.177. The SMILES string of the molecule is Cc1ccc(C(=O)NNS(=O)(=O)c2ccc3c(c2)CCC3)s1. The lowest BCUT2D eigenvalue weighted by Gasteiger charge is -2.09. The smallest absolute Gasteiger partial charge is 0.273 e. The summed E-state index contributed by atoms with van der Waals surface area (Å²) in [6, 6.07) is 8.59. The predicted molar refractivity (Wildman–Crippen MR) is 85.3 cm³/mol. The van der Waals surface area contributed by atoms with Crippen LogP contribution < -0.4 is 10.3 Å². The number of fused-ring (bicyclic) bond motifs is 1. The number of carbonyl (C=O) groups is 1. The summed E-state index contributed by atoms with van der Waals surface area (Å²) in [5, 5.41) is 0. The molecule has 2 aromatic rings. The molecule has 1 heterocycles. The van der Waals surface area contributed by atoms with Crippen molar-refractivity contribution < 1.29 is 13.2 Å². The van der Waals surface area contributed by atoms with Crippen molar-refractivity contribution in [1.29, 1.82) is 0 Å². The average Bonchev–Trinajstić information content (AvgIpc) is 3.12. The lowest BCUT2D eigenvalue weighted by Crippen LogP contribution is -2.41. The van der Waals surface area contributed by atoms with Crippen molar-refractivity contribution in [3.05, 3.63) is 51.2 Å². The largest absolute Gasteiger partial charge is 0.276 e. The Morgan fingerprint density at radius 1 is 1.14 bits per heavy atom. The van der Waals surface area contributed by atoms with Crippen LogP contribution >= 0.6 is 11.3 Å². The van der Waals surface area contributed by atoms with Crippen LogP contribution in [0.25, 0.3) is 0 Å². The van der Waals surface area contributed by atoms with E-state index < -0.39 is 15.9 Å². The molecule has 0 fully saturated rings. The zero-order valence-electron chi connectivity index (χ0n) is 12.0. The van der Waals surface area contributed by atoms with E-state index in [1.807, 2.05) is 19.1 Å². The molecule has 0 radical (unpaired) electrons. The Labute approximate surface area is 133 Å². The molecule has 0 aliphatic heterocycles. The summed E-state index contributed by atoms with van der Waals surface area (Å²) in [5.41, 5.74) is 4.53. The molecule has 5 nitrogen and oxygen atoms in total. The topological polar surface area (TPSA) is 75.3 Å². The van der Waals surface area contributed by atoms with Crippen molar-refractivity contribution in [1.82, 2.24) is 10.3 Å². The molecule has 22 heavy (non-hydrogen) atoms. The number of carbonyl (C=O) groups excluding carboxylic acids is 1. The van der Waals surface area contributed by atoms with E-state index in [1.165, 1.54) is 16.9 Å². The third kappa shape index (κ3) is 3.06. The summed E-state index contributed by atoms with van der Waals surface area (Å²) in [6.07, 6.45) is 2.96. The number of thiophene rings is 1. The van der Waals surface area contributed by atoms with E-state index in [2.05, 4.69) is 10.3 Å². The molecule has 1 aromatic heterocycles. The van der Waals surface area contributed by atoms with E-state index in [1.54, 1.807) is 18.2 Å². The maximum atomic E-state index is 12.3. The van der Waals surface area contributed by atoms with Gasteiger partial charge in [-0.1, -0.05) is 6.07 Å². The van der Waals surface area contributed by atoms with Gasteiger partial charge in [0.05, 0.1) is 9.77 Å². The molecule has 0 spiro atoms. The molecule has 2 N–H and O–H groups in total. The van der Waals surface area contributed by atoms with Crippen LogP contribution in [-0.2, 0) is 22.9 Å². The maximum Gasteiger partial charge on any atom is 0.276 e. The molecule has 1 aliphatic carbocycles. The highest BCUT2D eigenvalue weighted by atomic mass is 32.2. The fraction of sp³-hybridized carbons (Fsp3) is 0.267. The van der Waals surface area contributed by atoms with E-state index >= 15 is 0 Å². The van der Waals surface area contributed by atoms with Crippen molar-refractivity contribution >= 4 is 27.3 Å². The molecule has 1 aliphatic rings. The van der Waals surface area contributed by atoms with E-state index in [4.69, 9.17) is 0 Å². The summed E-state index contributed by atoms with van der Waals surface area (Å²) < 4.78 is 24.5. The Kier molecular flexibility index (Phi) is 4.03. The van der Waals surface area contributed by atoms with Gasteiger partial charge in [-0.15, -0.1) is 16.2 Å². The first-order chi connectivity index (χ1) is 10.5. The second kappa shape index (κ2) is 5.83. The zero-order chi connectivity index (χ0) is 15.7. The Hall–Kier alpha value is -1.70. The first-order valence-corrected chi connectivity index (χ1v) is 9.26. The van der Waals surface area contributed by atoms with E-state index in [0.29, 0.717) is 4.88 Å². The predicted octanol–water partition coefficient (Wildman–Crippen LogP) is 2.17. The highest BCUT2D eigenvalue weighted by molar-refractivity contribution is 7.89. The number of hydrogen-bond donors (Lipinski definition) is 2. The lowest BCUT2D eigenvalue weighted by atomic mass is 10.1. The molecular weight excluding hydrogens is 320 g/mol. The Balaban J connectivity index is 1.72. The van der Waals surface area contributed by atoms with E-state index in [0.717, 1.165) is 29.7 Å². The van der Waals surface area contributed by atoms with Crippen LogP contribution in [0.2, 0.25) is 0 Å². The molecular formula is C15H16N2O3S2. The summed E-state index contributed by atoms with van der Waals surface area (Å²) in [5.74, 6) is -0.456.